The van der Waals surface area contributed by atoms with Crippen LogP contribution in [-0.2, 0) is 0 Å². The van der Waals surface area contributed by atoms with Gasteiger partial charge in [-0.25, -0.2) is 9.97 Å². The summed E-state index contributed by atoms with van der Waals surface area (Å²) in [4.78, 5) is 25.1. The Morgan fingerprint density at radius 3 is 2.61 bits per heavy atom. The van der Waals surface area contributed by atoms with Gasteiger partial charge in [-0.05, 0) is 31.9 Å². The van der Waals surface area contributed by atoms with E-state index in [2.05, 4.69) is 49.1 Å². The number of fused-ring (bicyclic) bond motifs is 1. The Morgan fingerprint density at radius 1 is 1.07 bits per heavy atom. The van der Waals surface area contributed by atoms with Crippen LogP contribution in [0.25, 0.3) is 16.9 Å². The fraction of sp³-hybridized carbons (Fsp3) is 0.316. The van der Waals surface area contributed by atoms with Crippen molar-refractivity contribution in [2.45, 2.75) is 33.7 Å². The number of nitrogens with one attached hydrogen (secondary N) is 2. The minimum absolute atomic E-state index is 0.0331. The fourth-order valence-electron chi connectivity index (χ4n) is 3.18. The van der Waals surface area contributed by atoms with E-state index in [1.165, 1.54) is 0 Å². The van der Waals surface area contributed by atoms with Crippen LogP contribution in [0.2, 0.25) is 0 Å². The molecule has 9 heteroatoms. The number of anilines is 2. The number of nitrogens with two attached hydrogens (primary N) is 1. The molecule has 0 saturated carbocycles. The van der Waals surface area contributed by atoms with Crippen molar-refractivity contribution in [1.82, 2.24) is 34.3 Å². The zero-order valence-corrected chi connectivity index (χ0v) is 16.3. The topological polar surface area (TPSA) is 123 Å². The third-order valence-electron chi connectivity index (χ3n) is 4.63. The van der Waals surface area contributed by atoms with E-state index in [0.717, 1.165) is 28.4 Å². The highest BCUT2D eigenvalue weighted by Crippen LogP contribution is 2.25. The maximum atomic E-state index is 5.97. The first-order chi connectivity index (χ1) is 13.4. The first-order valence-corrected chi connectivity index (χ1v) is 9.14. The molecule has 144 valence electrons. The molecule has 0 saturated heterocycles. The third-order valence-corrected chi connectivity index (χ3v) is 4.63. The fourth-order valence-corrected chi connectivity index (χ4v) is 3.18. The highest BCUT2D eigenvalue weighted by Gasteiger charge is 2.20. The number of nitrogen functional groups attached to an aromatic ring is 1. The van der Waals surface area contributed by atoms with Gasteiger partial charge in [0, 0.05) is 11.8 Å². The lowest BCUT2D eigenvalue weighted by atomic mass is 10.0. The summed E-state index contributed by atoms with van der Waals surface area (Å²) in [6.07, 6.45) is 5.61. The van der Waals surface area contributed by atoms with Crippen molar-refractivity contribution in [1.29, 1.82) is 0 Å². The number of imidazole rings is 2. The second-order valence-corrected chi connectivity index (χ2v) is 7.15. The molecule has 4 aromatic rings. The van der Waals surface area contributed by atoms with Gasteiger partial charge in [0.1, 0.15) is 11.6 Å². The van der Waals surface area contributed by atoms with Gasteiger partial charge < -0.3 is 20.4 Å². The zero-order valence-electron chi connectivity index (χ0n) is 16.3. The van der Waals surface area contributed by atoms with Crippen molar-refractivity contribution < 1.29 is 0 Å². The molecular weight excluding hydrogens is 354 g/mol. The minimum atomic E-state index is -0.0331. The number of rotatable bonds is 5. The molecule has 4 rings (SSSR count). The van der Waals surface area contributed by atoms with Gasteiger partial charge in [-0.2, -0.15) is 15.0 Å². The number of aromatic amines is 1. The monoisotopic (exact) mass is 377 g/mol. The number of hydrogen-bond acceptors (Lipinski definition) is 7. The summed E-state index contributed by atoms with van der Waals surface area (Å²) in [5.41, 5.74) is 8.80. The van der Waals surface area contributed by atoms with Crippen LogP contribution < -0.4 is 11.1 Å². The second kappa shape index (κ2) is 6.91. The molecule has 1 atom stereocenters. The predicted octanol–water partition coefficient (Wildman–Crippen LogP) is 2.92. The predicted molar refractivity (Wildman–Crippen MR) is 108 cm³/mol. The molecule has 0 aromatic carbocycles. The van der Waals surface area contributed by atoms with Crippen LogP contribution in [0.3, 0.4) is 0 Å². The molecule has 4 N–H and O–H groups in total. The van der Waals surface area contributed by atoms with Gasteiger partial charge in [-0.15, -0.1) is 0 Å². The van der Waals surface area contributed by atoms with E-state index in [-0.39, 0.29) is 17.9 Å². The highest BCUT2D eigenvalue weighted by molar-refractivity contribution is 5.61. The van der Waals surface area contributed by atoms with Crippen molar-refractivity contribution >= 4 is 17.4 Å². The van der Waals surface area contributed by atoms with Crippen LogP contribution in [0, 0.1) is 19.8 Å². The van der Waals surface area contributed by atoms with Crippen LogP contribution in [0.5, 0.6) is 0 Å². The molecule has 4 aromatic heterocycles. The first-order valence-electron chi connectivity index (χ1n) is 9.14. The second-order valence-electron chi connectivity index (χ2n) is 7.15. The molecule has 9 nitrogen and oxygen atoms in total. The maximum Gasteiger partial charge on any atom is 0.228 e. The number of aryl methyl sites for hydroxylation is 2. The van der Waals surface area contributed by atoms with Crippen molar-refractivity contribution in [2.24, 2.45) is 5.92 Å². The Bertz CT molecular complexity index is 1130. The normalized spacial score (nSPS) is 12.6. The quantitative estimate of drug-likeness (QED) is 0.488. The average Bonchev–Trinajstić information content (AvgIpc) is 3.25. The third kappa shape index (κ3) is 3.38. The molecule has 0 aliphatic carbocycles. The summed E-state index contributed by atoms with van der Waals surface area (Å²) < 4.78 is 1.99. The molecule has 0 fully saturated rings. The van der Waals surface area contributed by atoms with Crippen LogP contribution in [-0.4, -0.2) is 34.3 Å². The lowest BCUT2D eigenvalue weighted by molar-refractivity contribution is 0.532. The van der Waals surface area contributed by atoms with Crippen molar-refractivity contribution in [3.8, 4) is 11.4 Å². The minimum Gasteiger partial charge on any atom is -0.368 e. The Kier molecular flexibility index (Phi) is 4.42. The molecular formula is C19H23N9. The standard InChI is InChI=1S/C19H23N9/c1-10(2)16(15-8-21-11(3)23-15)24-19-26-17(25-18(20)27-19)13-5-6-14-7-22-12(4)28(14)9-13/h5-10,16H,1-4H3,(H,21,23)(H3,20,24,25,26,27)/t16-/m1/s1. The molecule has 4 heterocycles. The van der Waals surface area contributed by atoms with Gasteiger partial charge in [0.15, 0.2) is 5.82 Å². The Hall–Kier alpha value is -3.49. The molecule has 0 unspecified atom stereocenters. The first kappa shape index (κ1) is 17.9. The summed E-state index contributed by atoms with van der Waals surface area (Å²) >= 11 is 0. The number of hydrogen-bond donors (Lipinski definition) is 3. The largest absolute Gasteiger partial charge is 0.368 e. The number of aromatic nitrogens is 7. The molecule has 0 aliphatic heterocycles. The van der Waals surface area contributed by atoms with Gasteiger partial charge >= 0.3 is 0 Å². The van der Waals surface area contributed by atoms with Crippen molar-refractivity contribution in [3.63, 3.8) is 0 Å². The summed E-state index contributed by atoms with van der Waals surface area (Å²) in [5.74, 6) is 3.14. The molecule has 0 spiro atoms. The van der Waals surface area contributed by atoms with Gasteiger partial charge in [0.2, 0.25) is 11.9 Å². The Balaban J connectivity index is 1.70. The van der Waals surface area contributed by atoms with E-state index in [1.54, 1.807) is 0 Å². The lowest BCUT2D eigenvalue weighted by Gasteiger charge is -2.21. The SMILES string of the molecule is Cc1ncc([C@H](Nc2nc(N)nc(-c3ccc4cnc(C)n4c3)n2)C(C)C)[nH]1. The zero-order chi connectivity index (χ0) is 19.8. The molecule has 0 amide bonds. The Morgan fingerprint density at radius 2 is 1.89 bits per heavy atom. The van der Waals surface area contributed by atoms with Crippen LogP contribution in [0.4, 0.5) is 11.9 Å². The van der Waals surface area contributed by atoms with E-state index in [9.17, 15) is 0 Å². The van der Waals surface area contributed by atoms with E-state index >= 15 is 0 Å². The van der Waals surface area contributed by atoms with Crippen LogP contribution in [0.1, 0.15) is 37.2 Å². The van der Waals surface area contributed by atoms with E-state index in [1.807, 2.05) is 49.0 Å². The van der Waals surface area contributed by atoms with Crippen molar-refractivity contribution in [3.05, 3.63) is 48.1 Å². The van der Waals surface area contributed by atoms with Gasteiger partial charge in [-0.3, -0.25) is 0 Å². The summed E-state index contributed by atoms with van der Waals surface area (Å²) in [6.45, 7) is 8.11. The number of pyridine rings is 1. The van der Waals surface area contributed by atoms with Gasteiger partial charge in [0.05, 0.1) is 29.6 Å². The average molecular weight is 377 g/mol. The molecule has 0 radical (unpaired) electrons. The summed E-state index contributed by atoms with van der Waals surface area (Å²) in [7, 11) is 0. The van der Waals surface area contributed by atoms with Crippen LogP contribution in [0.15, 0.2) is 30.7 Å². The van der Waals surface area contributed by atoms with Crippen LogP contribution >= 0.6 is 0 Å². The van der Waals surface area contributed by atoms with E-state index in [0.29, 0.717) is 11.8 Å². The Labute approximate surface area is 162 Å². The van der Waals surface area contributed by atoms with Gasteiger partial charge in [-0.1, -0.05) is 13.8 Å². The van der Waals surface area contributed by atoms with Gasteiger partial charge in [0.25, 0.3) is 0 Å². The maximum absolute atomic E-state index is 5.97. The lowest BCUT2D eigenvalue weighted by Crippen LogP contribution is -2.19. The molecule has 0 aliphatic rings. The number of nitrogens with zero attached hydrogens (tertiary/aromatic N) is 6. The molecule has 0 bridgehead atoms. The summed E-state index contributed by atoms with van der Waals surface area (Å²) in [5, 5.41) is 3.37. The molecule has 28 heavy (non-hydrogen) atoms. The van der Waals surface area contributed by atoms with E-state index in [4.69, 9.17) is 5.73 Å². The number of H-pyrrole nitrogens is 1. The summed E-state index contributed by atoms with van der Waals surface area (Å²) in [6, 6.07) is 3.90. The van der Waals surface area contributed by atoms with Crippen molar-refractivity contribution in [2.75, 3.05) is 11.1 Å². The smallest absolute Gasteiger partial charge is 0.228 e. The van der Waals surface area contributed by atoms with E-state index < -0.39 is 0 Å². The highest BCUT2D eigenvalue weighted by atomic mass is 15.2.